The molecular formula is C14H19NO5S. The van der Waals surface area contributed by atoms with E-state index in [0.717, 1.165) is 0 Å². The Hall–Kier alpha value is -1.44. The summed E-state index contributed by atoms with van der Waals surface area (Å²) in [4.78, 5) is 11.8. The van der Waals surface area contributed by atoms with Gasteiger partial charge in [-0.15, -0.1) is 0 Å². The lowest BCUT2D eigenvalue weighted by Gasteiger charge is -2.40. The number of methoxy groups -OCH3 is 1. The minimum Gasteiger partial charge on any atom is -0.465 e. The molecule has 0 aromatic heterocycles. The molecule has 0 bridgehead atoms. The average Bonchev–Trinajstić information content (AvgIpc) is 2.45. The SMILES string of the molecule is COC(=O)c1ccccc1S(=O)(=O)N1CCOCC1(C)C. The predicted octanol–water partition coefficient (Wildman–Crippen LogP) is 1.27. The van der Waals surface area contributed by atoms with Crippen molar-refractivity contribution in [3.8, 4) is 0 Å². The van der Waals surface area contributed by atoms with Crippen LogP contribution in [0.3, 0.4) is 0 Å². The lowest BCUT2D eigenvalue weighted by Crippen LogP contribution is -2.55. The molecule has 0 spiro atoms. The van der Waals surface area contributed by atoms with E-state index in [1.54, 1.807) is 26.0 Å². The second kappa shape index (κ2) is 5.75. The zero-order valence-corrected chi connectivity index (χ0v) is 13.1. The maximum atomic E-state index is 12.9. The number of hydrogen-bond acceptors (Lipinski definition) is 5. The topological polar surface area (TPSA) is 72.9 Å². The van der Waals surface area contributed by atoms with Crippen molar-refractivity contribution in [2.24, 2.45) is 0 Å². The highest BCUT2D eigenvalue weighted by Gasteiger charge is 2.41. The smallest absolute Gasteiger partial charge is 0.339 e. The van der Waals surface area contributed by atoms with Crippen LogP contribution in [-0.2, 0) is 19.5 Å². The van der Waals surface area contributed by atoms with E-state index in [0.29, 0.717) is 13.2 Å². The first kappa shape index (κ1) is 15.9. The van der Waals surface area contributed by atoms with E-state index in [2.05, 4.69) is 4.74 Å². The maximum absolute atomic E-state index is 12.9. The molecule has 2 rings (SSSR count). The van der Waals surface area contributed by atoms with Crippen molar-refractivity contribution in [2.75, 3.05) is 26.9 Å². The Morgan fingerprint density at radius 1 is 1.33 bits per heavy atom. The van der Waals surface area contributed by atoms with Crippen LogP contribution in [0.1, 0.15) is 24.2 Å². The third-order valence-corrected chi connectivity index (χ3v) is 5.60. The van der Waals surface area contributed by atoms with Gasteiger partial charge < -0.3 is 9.47 Å². The Morgan fingerprint density at radius 2 is 2.00 bits per heavy atom. The molecule has 21 heavy (non-hydrogen) atoms. The quantitative estimate of drug-likeness (QED) is 0.786. The van der Waals surface area contributed by atoms with Crippen LogP contribution >= 0.6 is 0 Å². The van der Waals surface area contributed by atoms with Gasteiger partial charge in [0, 0.05) is 6.54 Å². The fourth-order valence-corrected chi connectivity index (χ4v) is 4.31. The van der Waals surface area contributed by atoms with Crippen LogP contribution < -0.4 is 0 Å². The Balaban J connectivity index is 2.52. The molecule has 0 N–H and O–H groups in total. The van der Waals surface area contributed by atoms with Crippen LogP contribution in [0.4, 0.5) is 0 Å². The number of carbonyl (C=O) groups excluding carboxylic acids is 1. The fourth-order valence-electron chi connectivity index (χ4n) is 2.38. The summed E-state index contributed by atoms with van der Waals surface area (Å²) in [5.74, 6) is -0.666. The molecule has 6 nitrogen and oxygen atoms in total. The van der Waals surface area contributed by atoms with Gasteiger partial charge in [0.25, 0.3) is 0 Å². The fraction of sp³-hybridized carbons (Fsp3) is 0.500. The van der Waals surface area contributed by atoms with Crippen molar-refractivity contribution in [3.63, 3.8) is 0 Å². The second-order valence-corrected chi connectivity index (χ2v) is 7.26. The van der Waals surface area contributed by atoms with Gasteiger partial charge in [0.15, 0.2) is 0 Å². The number of morpholine rings is 1. The standard InChI is InChI=1S/C14H19NO5S/c1-14(2)10-20-9-8-15(14)21(17,18)12-7-5-4-6-11(12)13(16)19-3/h4-7H,8-10H2,1-3H3. The first-order valence-electron chi connectivity index (χ1n) is 6.58. The van der Waals surface area contributed by atoms with Crippen molar-refractivity contribution < 1.29 is 22.7 Å². The highest BCUT2D eigenvalue weighted by molar-refractivity contribution is 7.89. The maximum Gasteiger partial charge on any atom is 0.339 e. The van der Waals surface area contributed by atoms with Crippen molar-refractivity contribution in [1.29, 1.82) is 0 Å². The predicted molar refractivity (Wildman–Crippen MR) is 76.6 cm³/mol. The number of carbonyl (C=O) groups is 1. The number of ether oxygens (including phenoxy) is 2. The molecule has 0 saturated carbocycles. The van der Waals surface area contributed by atoms with Crippen LogP contribution in [0.15, 0.2) is 29.2 Å². The number of hydrogen-bond donors (Lipinski definition) is 0. The van der Waals surface area contributed by atoms with E-state index in [1.807, 2.05) is 0 Å². The van der Waals surface area contributed by atoms with Crippen molar-refractivity contribution >= 4 is 16.0 Å². The van der Waals surface area contributed by atoms with E-state index >= 15 is 0 Å². The number of sulfonamides is 1. The van der Waals surface area contributed by atoms with Gasteiger partial charge >= 0.3 is 5.97 Å². The highest BCUT2D eigenvalue weighted by Crippen LogP contribution is 2.29. The summed E-state index contributed by atoms with van der Waals surface area (Å²) in [6, 6.07) is 6.07. The number of nitrogens with zero attached hydrogens (tertiary/aromatic N) is 1. The number of rotatable bonds is 3. The lowest BCUT2D eigenvalue weighted by molar-refractivity contribution is -0.00775. The molecule has 1 aliphatic rings. The summed E-state index contributed by atoms with van der Waals surface area (Å²) in [6.07, 6.45) is 0. The molecule has 0 amide bonds. The molecule has 1 fully saturated rings. The van der Waals surface area contributed by atoms with Crippen molar-refractivity contribution in [1.82, 2.24) is 4.31 Å². The number of esters is 1. The van der Waals surface area contributed by atoms with E-state index in [1.165, 1.54) is 23.5 Å². The molecule has 0 atom stereocenters. The molecule has 1 heterocycles. The summed E-state index contributed by atoms with van der Waals surface area (Å²) >= 11 is 0. The summed E-state index contributed by atoms with van der Waals surface area (Å²) in [5.41, 5.74) is -0.623. The molecule has 0 radical (unpaired) electrons. The molecule has 7 heteroatoms. The van der Waals surface area contributed by atoms with Crippen LogP contribution in [0.25, 0.3) is 0 Å². The molecular weight excluding hydrogens is 294 g/mol. The zero-order chi connectivity index (χ0) is 15.7. The summed E-state index contributed by atoms with van der Waals surface area (Å²) in [7, 11) is -2.58. The summed E-state index contributed by atoms with van der Waals surface area (Å²) < 4.78 is 37.2. The summed E-state index contributed by atoms with van der Waals surface area (Å²) in [6.45, 7) is 4.50. The van der Waals surface area contributed by atoms with Crippen LogP contribution in [0.5, 0.6) is 0 Å². The minimum atomic E-state index is -3.80. The Labute approximate surface area is 124 Å². The molecule has 0 aliphatic carbocycles. The molecule has 0 unspecified atom stereocenters. The largest absolute Gasteiger partial charge is 0.465 e. The molecule has 116 valence electrons. The Morgan fingerprint density at radius 3 is 2.62 bits per heavy atom. The zero-order valence-electron chi connectivity index (χ0n) is 12.3. The Kier molecular flexibility index (Phi) is 4.36. The molecule has 1 saturated heterocycles. The van der Waals surface area contributed by atoms with Gasteiger partial charge in [-0.2, -0.15) is 4.31 Å². The van der Waals surface area contributed by atoms with Gasteiger partial charge in [-0.3, -0.25) is 0 Å². The minimum absolute atomic E-state index is 0.0353. The lowest BCUT2D eigenvalue weighted by atomic mass is 10.1. The highest BCUT2D eigenvalue weighted by atomic mass is 32.2. The average molecular weight is 313 g/mol. The normalized spacial score (nSPS) is 19.2. The third kappa shape index (κ3) is 2.95. The van der Waals surface area contributed by atoms with Gasteiger partial charge in [0.05, 0.1) is 36.3 Å². The van der Waals surface area contributed by atoms with Crippen LogP contribution in [-0.4, -0.2) is 51.1 Å². The first-order chi connectivity index (χ1) is 9.80. The van der Waals surface area contributed by atoms with Gasteiger partial charge in [-0.1, -0.05) is 12.1 Å². The first-order valence-corrected chi connectivity index (χ1v) is 8.02. The summed E-state index contributed by atoms with van der Waals surface area (Å²) in [5, 5.41) is 0. The molecule has 1 aliphatic heterocycles. The van der Waals surface area contributed by atoms with Crippen LogP contribution in [0.2, 0.25) is 0 Å². The van der Waals surface area contributed by atoms with Gasteiger partial charge in [0.2, 0.25) is 10.0 Å². The monoisotopic (exact) mass is 313 g/mol. The van der Waals surface area contributed by atoms with Crippen molar-refractivity contribution in [2.45, 2.75) is 24.3 Å². The molecule has 1 aromatic rings. The van der Waals surface area contributed by atoms with E-state index < -0.39 is 21.5 Å². The Bertz CT molecular complexity index is 639. The van der Waals surface area contributed by atoms with Gasteiger partial charge in [-0.05, 0) is 26.0 Å². The number of benzene rings is 1. The molecule has 1 aromatic carbocycles. The second-order valence-electron chi connectivity index (χ2n) is 5.43. The van der Waals surface area contributed by atoms with Crippen molar-refractivity contribution in [3.05, 3.63) is 29.8 Å². The van der Waals surface area contributed by atoms with E-state index in [-0.39, 0.29) is 17.0 Å². The van der Waals surface area contributed by atoms with E-state index in [9.17, 15) is 13.2 Å². The van der Waals surface area contributed by atoms with Crippen LogP contribution in [0, 0.1) is 0 Å². The van der Waals surface area contributed by atoms with Gasteiger partial charge in [-0.25, -0.2) is 13.2 Å². The third-order valence-electron chi connectivity index (χ3n) is 3.43. The van der Waals surface area contributed by atoms with Gasteiger partial charge in [0.1, 0.15) is 0 Å². The van der Waals surface area contributed by atoms with E-state index in [4.69, 9.17) is 4.74 Å².